The van der Waals surface area contributed by atoms with Crippen LogP contribution in [0.15, 0.2) is 83.8 Å². The predicted molar refractivity (Wildman–Crippen MR) is 154 cm³/mol. The van der Waals surface area contributed by atoms with Crippen LogP contribution >= 0.6 is 0 Å². The van der Waals surface area contributed by atoms with E-state index in [0.29, 0.717) is 15.9 Å². The van der Waals surface area contributed by atoms with E-state index >= 15 is 0 Å². The Bertz CT molecular complexity index is 1490. The van der Waals surface area contributed by atoms with Gasteiger partial charge in [0.2, 0.25) is 11.8 Å². The standard InChI is InChI=1S/C31H34F3N3O4S/c1-22-15-17-24(18-16-22)20-36(23(2)30(39)35-26-10-6-7-11-26)29(38)21-37(42(40,41)28-13-4-3-5-14-28)27-12-8-9-25(19-27)31(32,33)34/h3-5,8-9,12-19,23,26H,6-7,10-11,20-21H2,1-2H3,(H,35,39). The molecule has 2 amide bonds. The number of hydrogen-bond acceptors (Lipinski definition) is 4. The average molecular weight is 602 g/mol. The first kappa shape index (κ1) is 31.1. The molecule has 1 unspecified atom stereocenters. The smallest absolute Gasteiger partial charge is 0.352 e. The van der Waals surface area contributed by atoms with Gasteiger partial charge in [-0.15, -0.1) is 0 Å². The van der Waals surface area contributed by atoms with E-state index in [1.807, 2.05) is 31.2 Å². The van der Waals surface area contributed by atoms with Crippen molar-refractivity contribution in [1.82, 2.24) is 10.2 Å². The summed E-state index contributed by atoms with van der Waals surface area (Å²) in [6.45, 7) is 2.66. The van der Waals surface area contributed by atoms with E-state index in [4.69, 9.17) is 0 Å². The van der Waals surface area contributed by atoms with E-state index in [0.717, 1.165) is 43.4 Å². The summed E-state index contributed by atoms with van der Waals surface area (Å²) >= 11 is 0. The number of nitrogens with one attached hydrogen (secondary N) is 1. The second-order valence-corrected chi connectivity index (χ2v) is 12.4. The fourth-order valence-electron chi connectivity index (χ4n) is 4.95. The molecule has 1 atom stereocenters. The lowest BCUT2D eigenvalue weighted by atomic mass is 10.1. The van der Waals surface area contributed by atoms with E-state index in [1.54, 1.807) is 13.0 Å². The zero-order chi connectivity index (χ0) is 30.5. The van der Waals surface area contributed by atoms with Gasteiger partial charge in [-0.2, -0.15) is 13.2 Å². The number of carbonyl (C=O) groups is 2. The minimum absolute atomic E-state index is 0.000181. The van der Waals surface area contributed by atoms with E-state index in [-0.39, 0.29) is 29.1 Å². The van der Waals surface area contributed by atoms with Crippen LogP contribution in [0.4, 0.5) is 18.9 Å². The molecule has 3 aromatic carbocycles. The molecular weight excluding hydrogens is 567 g/mol. The van der Waals surface area contributed by atoms with Crippen LogP contribution in [0.3, 0.4) is 0 Å². The topological polar surface area (TPSA) is 86.8 Å². The Kier molecular flexibility index (Phi) is 9.60. The summed E-state index contributed by atoms with van der Waals surface area (Å²) < 4.78 is 69.0. The maximum absolute atomic E-state index is 14.0. The number of halogens is 3. The molecule has 1 aliphatic rings. The van der Waals surface area contributed by atoms with Crippen LogP contribution in [0.1, 0.15) is 49.3 Å². The highest BCUT2D eigenvalue weighted by Gasteiger charge is 2.35. The molecule has 224 valence electrons. The van der Waals surface area contributed by atoms with Crippen molar-refractivity contribution in [2.75, 3.05) is 10.8 Å². The van der Waals surface area contributed by atoms with E-state index in [1.165, 1.54) is 35.2 Å². The van der Waals surface area contributed by atoms with Crippen LogP contribution in [0.5, 0.6) is 0 Å². The fourth-order valence-corrected chi connectivity index (χ4v) is 6.38. The molecule has 1 aliphatic carbocycles. The summed E-state index contributed by atoms with van der Waals surface area (Å²) in [5.74, 6) is -1.11. The number of amides is 2. The predicted octanol–water partition coefficient (Wildman–Crippen LogP) is 5.69. The van der Waals surface area contributed by atoms with Gasteiger partial charge in [0.25, 0.3) is 10.0 Å². The highest BCUT2D eigenvalue weighted by Crippen LogP contribution is 2.33. The third kappa shape index (κ3) is 7.50. The van der Waals surface area contributed by atoms with Gasteiger partial charge in [0.1, 0.15) is 12.6 Å². The zero-order valence-corrected chi connectivity index (χ0v) is 24.3. The van der Waals surface area contributed by atoms with E-state index < -0.39 is 40.3 Å². The molecule has 0 aromatic heterocycles. The average Bonchev–Trinajstić information content (AvgIpc) is 3.48. The van der Waals surface area contributed by atoms with Gasteiger partial charge in [-0.05, 0) is 62.6 Å². The van der Waals surface area contributed by atoms with Gasteiger partial charge in [0.15, 0.2) is 0 Å². The maximum atomic E-state index is 14.0. The van der Waals surface area contributed by atoms with Gasteiger partial charge in [-0.1, -0.05) is 66.9 Å². The number of aryl methyl sites for hydroxylation is 1. The molecule has 0 heterocycles. The first-order valence-corrected chi connectivity index (χ1v) is 15.2. The summed E-state index contributed by atoms with van der Waals surface area (Å²) in [5, 5.41) is 2.98. The van der Waals surface area contributed by atoms with Crippen LogP contribution in [-0.4, -0.2) is 43.8 Å². The number of nitrogens with zero attached hydrogens (tertiary/aromatic N) is 2. The van der Waals surface area contributed by atoms with E-state index in [9.17, 15) is 31.2 Å². The molecule has 1 N–H and O–H groups in total. The van der Waals surface area contributed by atoms with Crippen molar-refractivity contribution >= 4 is 27.5 Å². The van der Waals surface area contributed by atoms with E-state index in [2.05, 4.69) is 5.32 Å². The summed E-state index contributed by atoms with van der Waals surface area (Å²) in [6.07, 6.45) is -1.07. The third-order valence-corrected chi connectivity index (χ3v) is 9.20. The molecule has 0 saturated heterocycles. The van der Waals surface area contributed by atoms with Gasteiger partial charge in [0, 0.05) is 12.6 Å². The Balaban J connectivity index is 1.72. The second-order valence-electron chi connectivity index (χ2n) is 10.5. The Morgan fingerprint density at radius 3 is 2.21 bits per heavy atom. The van der Waals surface area contributed by atoms with Crippen LogP contribution in [0.2, 0.25) is 0 Å². The molecular formula is C31H34F3N3O4S. The molecule has 1 saturated carbocycles. The molecule has 0 aliphatic heterocycles. The summed E-state index contributed by atoms with van der Waals surface area (Å²) in [6, 6.07) is 17.4. The Labute approximate surface area is 244 Å². The SMILES string of the molecule is Cc1ccc(CN(C(=O)CN(c2cccc(C(F)(F)F)c2)S(=O)(=O)c2ccccc2)C(C)C(=O)NC2CCCC2)cc1. The van der Waals surface area contributed by atoms with Crippen molar-refractivity contribution in [3.63, 3.8) is 0 Å². The molecule has 1 fully saturated rings. The fraction of sp³-hybridized carbons (Fsp3) is 0.355. The largest absolute Gasteiger partial charge is 0.416 e. The number of alkyl halides is 3. The second kappa shape index (κ2) is 13.0. The van der Waals surface area contributed by atoms with Crippen LogP contribution in [0.25, 0.3) is 0 Å². The molecule has 0 spiro atoms. The highest BCUT2D eigenvalue weighted by atomic mass is 32.2. The number of carbonyl (C=O) groups excluding carboxylic acids is 2. The molecule has 4 rings (SSSR count). The molecule has 0 radical (unpaired) electrons. The van der Waals surface area contributed by atoms with Crippen molar-refractivity contribution in [1.29, 1.82) is 0 Å². The Morgan fingerprint density at radius 1 is 0.952 bits per heavy atom. The first-order valence-electron chi connectivity index (χ1n) is 13.8. The molecule has 42 heavy (non-hydrogen) atoms. The number of hydrogen-bond donors (Lipinski definition) is 1. The van der Waals surface area contributed by atoms with Gasteiger partial charge in [-0.3, -0.25) is 13.9 Å². The van der Waals surface area contributed by atoms with Crippen LogP contribution in [-0.2, 0) is 32.3 Å². The minimum Gasteiger partial charge on any atom is -0.352 e. The van der Waals surface area contributed by atoms with Gasteiger partial charge < -0.3 is 10.2 Å². The van der Waals surface area contributed by atoms with Crippen LogP contribution < -0.4 is 9.62 Å². The molecule has 0 bridgehead atoms. The Morgan fingerprint density at radius 2 is 1.60 bits per heavy atom. The molecule has 3 aromatic rings. The number of sulfonamides is 1. The summed E-state index contributed by atoms with van der Waals surface area (Å²) in [7, 11) is -4.47. The van der Waals surface area contributed by atoms with Gasteiger partial charge in [0.05, 0.1) is 16.1 Å². The Hall–Kier alpha value is -3.86. The quantitative estimate of drug-likeness (QED) is 0.324. The van der Waals surface area contributed by atoms with Crippen LogP contribution in [0, 0.1) is 6.92 Å². The van der Waals surface area contributed by atoms with Crippen molar-refractivity contribution < 1.29 is 31.2 Å². The molecule has 7 nitrogen and oxygen atoms in total. The number of rotatable bonds is 10. The monoisotopic (exact) mass is 601 g/mol. The van der Waals surface area contributed by atoms with Crippen molar-refractivity contribution in [3.05, 3.63) is 95.6 Å². The first-order chi connectivity index (χ1) is 19.9. The number of anilines is 1. The van der Waals surface area contributed by atoms with Gasteiger partial charge in [-0.25, -0.2) is 8.42 Å². The maximum Gasteiger partial charge on any atom is 0.416 e. The normalized spacial score (nSPS) is 14.8. The lowest BCUT2D eigenvalue weighted by Crippen LogP contribution is -2.52. The lowest BCUT2D eigenvalue weighted by molar-refractivity contribution is -0.139. The van der Waals surface area contributed by atoms with Crippen molar-refractivity contribution in [2.24, 2.45) is 0 Å². The summed E-state index contributed by atoms with van der Waals surface area (Å²) in [4.78, 5) is 28.3. The third-order valence-electron chi connectivity index (χ3n) is 7.41. The minimum atomic E-state index is -4.73. The number of benzene rings is 3. The zero-order valence-electron chi connectivity index (χ0n) is 23.5. The lowest BCUT2D eigenvalue weighted by Gasteiger charge is -2.32. The van der Waals surface area contributed by atoms with Crippen molar-refractivity contribution in [3.8, 4) is 0 Å². The van der Waals surface area contributed by atoms with Crippen molar-refractivity contribution in [2.45, 2.75) is 69.2 Å². The highest BCUT2D eigenvalue weighted by molar-refractivity contribution is 7.92. The summed E-state index contributed by atoms with van der Waals surface area (Å²) in [5.41, 5.74) is 0.334. The van der Waals surface area contributed by atoms with Gasteiger partial charge >= 0.3 is 6.18 Å². The molecule has 11 heteroatoms.